The van der Waals surface area contributed by atoms with E-state index in [1.54, 1.807) is 12.3 Å². The summed E-state index contributed by atoms with van der Waals surface area (Å²) in [5.74, 6) is 0.859. The molecule has 1 aromatic carbocycles. The van der Waals surface area contributed by atoms with Crippen LogP contribution in [0, 0.1) is 0 Å². The Bertz CT molecular complexity index is 354. The third-order valence-corrected chi connectivity index (χ3v) is 1.67. The summed E-state index contributed by atoms with van der Waals surface area (Å²) in [6.45, 7) is 6.47. The molecule has 1 rings (SSSR count). The molecular weight excluding hydrogens is 200 g/mol. The highest BCUT2D eigenvalue weighted by atomic mass is 16.5. The van der Waals surface area contributed by atoms with Crippen molar-refractivity contribution in [2.45, 2.75) is 26.4 Å². The van der Waals surface area contributed by atoms with Crippen LogP contribution in [-0.4, -0.2) is 12.2 Å². The molecule has 0 aliphatic heterocycles. The average Bonchev–Trinajstić information content (AvgIpc) is 2.23. The lowest BCUT2D eigenvalue weighted by Gasteiger charge is -2.16. The van der Waals surface area contributed by atoms with Crippen LogP contribution < -0.4 is 4.74 Å². The van der Waals surface area contributed by atoms with Gasteiger partial charge >= 0.3 is 0 Å². The van der Waals surface area contributed by atoms with Gasteiger partial charge in [-0.05, 0) is 39.0 Å². The van der Waals surface area contributed by atoms with Gasteiger partial charge in [-0.15, -0.1) is 0 Å². The van der Waals surface area contributed by atoms with Crippen molar-refractivity contribution in [2.75, 3.05) is 6.61 Å². The van der Waals surface area contributed by atoms with Gasteiger partial charge in [0.1, 0.15) is 24.2 Å². The monoisotopic (exact) mass is 218 g/mol. The second-order valence-electron chi connectivity index (χ2n) is 4.34. The highest BCUT2D eigenvalue weighted by Crippen LogP contribution is 2.08. The summed E-state index contributed by atoms with van der Waals surface area (Å²) < 4.78 is 10.8. The molecule has 0 atom stereocenters. The summed E-state index contributed by atoms with van der Waals surface area (Å²) in [5.41, 5.74) is 2.75. The highest BCUT2D eigenvalue weighted by Gasteiger charge is 2.06. The molecule has 2 nitrogen and oxygen atoms in total. The topological polar surface area (TPSA) is 18.5 Å². The molecule has 0 spiro atoms. The van der Waals surface area contributed by atoms with Crippen molar-refractivity contribution in [1.82, 2.24) is 0 Å². The fraction of sp³-hybridized carbons (Fsp3) is 0.357. The molecule has 16 heavy (non-hydrogen) atoms. The van der Waals surface area contributed by atoms with Gasteiger partial charge in [-0.3, -0.25) is 0 Å². The van der Waals surface area contributed by atoms with Gasteiger partial charge in [-0.25, -0.2) is 0 Å². The van der Waals surface area contributed by atoms with Gasteiger partial charge in [0.15, 0.2) is 0 Å². The maximum Gasteiger partial charge on any atom is 0.126 e. The molecule has 1 aromatic rings. The van der Waals surface area contributed by atoms with E-state index in [1.165, 1.54) is 0 Å². The average molecular weight is 218 g/mol. The van der Waals surface area contributed by atoms with Crippen molar-refractivity contribution in [2.24, 2.45) is 0 Å². The van der Waals surface area contributed by atoms with E-state index < -0.39 is 0 Å². The van der Waals surface area contributed by atoms with E-state index in [1.807, 2.05) is 51.1 Å². The van der Waals surface area contributed by atoms with E-state index >= 15 is 0 Å². The first kappa shape index (κ1) is 12.4. The molecule has 0 unspecified atom stereocenters. The number of benzene rings is 1. The first-order chi connectivity index (χ1) is 7.58. The van der Waals surface area contributed by atoms with Crippen LogP contribution >= 0.6 is 0 Å². The molecule has 2 heteroatoms. The molecule has 0 saturated heterocycles. The smallest absolute Gasteiger partial charge is 0.126 e. The largest absolute Gasteiger partial charge is 0.489 e. The van der Waals surface area contributed by atoms with Crippen molar-refractivity contribution < 1.29 is 9.47 Å². The molecule has 0 amide bonds. The summed E-state index contributed by atoms with van der Waals surface area (Å²) in [5, 5.41) is 0. The lowest BCUT2D eigenvalue weighted by Crippen LogP contribution is -2.14. The predicted octanol–water partition coefficient (Wildman–Crippen LogP) is 3.55. The highest BCUT2D eigenvalue weighted by molar-refractivity contribution is 5.21. The summed E-state index contributed by atoms with van der Waals surface area (Å²) in [6, 6.07) is 9.68. The van der Waals surface area contributed by atoms with Crippen LogP contribution in [0.5, 0.6) is 5.75 Å². The Morgan fingerprint density at radius 2 is 1.88 bits per heavy atom. The first-order valence-electron chi connectivity index (χ1n) is 5.33. The van der Waals surface area contributed by atoms with E-state index in [2.05, 4.69) is 5.73 Å². The Morgan fingerprint density at radius 3 is 2.50 bits per heavy atom. The van der Waals surface area contributed by atoms with Gasteiger partial charge < -0.3 is 9.47 Å². The van der Waals surface area contributed by atoms with E-state index in [0.717, 1.165) is 5.75 Å². The Kier molecular flexibility index (Phi) is 4.68. The van der Waals surface area contributed by atoms with E-state index in [4.69, 9.17) is 9.47 Å². The van der Waals surface area contributed by atoms with Gasteiger partial charge in [-0.2, -0.15) is 0 Å². The fourth-order valence-electron chi connectivity index (χ4n) is 0.962. The summed E-state index contributed by atoms with van der Waals surface area (Å²) in [7, 11) is 0. The maximum absolute atomic E-state index is 5.44. The molecule has 0 radical (unpaired) electrons. The minimum atomic E-state index is -0.166. The van der Waals surface area contributed by atoms with Crippen LogP contribution in [0.4, 0.5) is 0 Å². The van der Waals surface area contributed by atoms with Gasteiger partial charge in [0, 0.05) is 0 Å². The lowest BCUT2D eigenvalue weighted by atomic mass is 10.2. The standard InChI is InChI=1S/C14H18O2/c1-14(2,3)16-12-8-7-11-15-13-9-5-4-6-10-13/h4-7,9-10,12H,11H2,1-3H3. The molecule has 0 N–H and O–H groups in total. The molecule has 0 aliphatic carbocycles. The Balaban J connectivity index is 2.28. The van der Waals surface area contributed by atoms with Crippen LogP contribution in [0.25, 0.3) is 0 Å². The number of rotatable bonds is 4. The number of para-hydroxylation sites is 1. The molecule has 0 aromatic heterocycles. The molecule has 0 heterocycles. The van der Waals surface area contributed by atoms with Crippen LogP contribution in [-0.2, 0) is 4.74 Å². The van der Waals surface area contributed by atoms with Crippen LogP contribution in [0.15, 0.2) is 48.4 Å². The third-order valence-electron chi connectivity index (χ3n) is 1.67. The van der Waals surface area contributed by atoms with Crippen LogP contribution in [0.3, 0.4) is 0 Å². The van der Waals surface area contributed by atoms with E-state index in [0.29, 0.717) is 6.61 Å². The molecule has 0 bridgehead atoms. The first-order valence-corrected chi connectivity index (χ1v) is 5.33. The molecule has 0 fully saturated rings. The van der Waals surface area contributed by atoms with Crippen LogP contribution in [0.1, 0.15) is 20.8 Å². The Hall–Kier alpha value is -1.66. The Labute approximate surface area is 97.2 Å². The third kappa shape index (κ3) is 5.94. The number of hydrogen-bond donors (Lipinski definition) is 0. The van der Waals surface area contributed by atoms with Crippen molar-refractivity contribution in [3.05, 3.63) is 48.4 Å². The lowest BCUT2D eigenvalue weighted by molar-refractivity contribution is 0.0770. The summed E-state index contributed by atoms with van der Waals surface area (Å²) >= 11 is 0. The molecule has 0 aliphatic rings. The van der Waals surface area contributed by atoms with E-state index in [9.17, 15) is 0 Å². The van der Waals surface area contributed by atoms with Gasteiger partial charge in [0.2, 0.25) is 0 Å². The zero-order chi connectivity index (χ0) is 11.9. The zero-order valence-corrected chi connectivity index (χ0v) is 10.1. The van der Waals surface area contributed by atoms with Gasteiger partial charge in [0.25, 0.3) is 0 Å². The molecular formula is C14H18O2. The van der Waals surface area contributed by atoms with Gasteiger partial charge in [-0.1, -0.05) is 23.9 Å². The minimum Gasteiger partial charge on any atom is -0.489 e. The van der Waals surface area contributed by atoms with Crippen molar-refractivity contribution in [3.63, 3.8) is 0 Å². The molecule has 0 saturated carbocycles. The van der Waals surface area contributed by atoms with Crippen molar-refractivity contribution in [1.29, 1.82) is 0 Å². The number of hydrogen-bond acceptors (Lipinski definition) is 2. The second kappa shape index (κ2) is 6.04. The van der Waals surface area contributed by atoms with Crippen LogP contribution in [0.2, 0.25) is 0 Å². The van der Waals surface area contributed by atoms with Crippen molar-refractivity contribution in [3.8, 4) is 5.75 Å². The fourth-order valence-corrected chi connectivity index (χ4v) is 0.962. The zero-order valence-electron chi connectivity index (χ0n) is 10.1. The van der Waals surface area contributed by atoms with Gasteiger partial charge in [0.05, 0.1) is 0 Å². The minimum absolute atomic E-state index is 0.166. The predicted molar refractivity (Wildman–Crippen MR) is 65.4 cm³/mol. The Morgan fingerprint density at radius 1 is 1.19 bits per heavy atom. The number of ether oxygens (including phenoxy) is 2. The molecule has 86 valence electrons. The SMILES string of the molecule is CC(C)(C)OC=C=CCOc1ccccc1. The normalized spacial score (nSPS) is 10.2. The van der Waals surface area contributed by atoms with E-state index in [-0.39, 0.29) is 5.60 Å². The van der Waals surface area contributed by atoms with Crippen molar-refractivity contribution >= 4 is 0 Å². The quantitative estimate of drug-likeness (QED) is 0.568. The summed E-state index contributed by atoms with van der Waals surface area (Å²) in [4.78, 5) is 0. The maximum atomic E-state index is 5.44. The summed E-state index contributed by atoms with van der Waals surface area (Å²) in [6.07, 6.45) is 3.35. The second-order valence-corrected chi connectivity index (χ2v) is 4.34.